The zero-order valence-electron chi connectivity index (χ0n) is 39.8. The molecule has 0 atom stereocenters. The Kier molecular flexibility index (Phi) is 21.8. The summed E-state index contributed by atoms with van der Waals surface area (Å²) >= 11 is 2.47. The number of halogens is 6. The molecule has 71 heavy (non-hydrogen) atoms. The zero-order chi connectivity index (χ0) is 50.8. The van der Waals surface area contributed by atoms with Crippen molar-refractivity contribution in [1.82, 2.24) is 50.3 Å². The standard InChI is InChI=1S/2C23H27F3N6O2S.H2O/c2*1-4-32(5-2)12-6-11-27-20(33)19-17(23(24,25)26)13-28-21(30-19)31-22-29-18(14-35-22)15-7-9-16(34-3)10-8-15;/h2*7-10,13-14H,4-6,11-12H2,1-3H3,(H,27,33)(H,28,29,30,31);1H2. The molecule has 0 saturated heterocycles. The normalized spacial score (nSPS) is 11.4. The predicted molar refractivity (Wildman–Crippen MR) is 262 cm³/mol. The van der Waals surface area contributed by atoms with Crippen LogP contribution in [-0.2, 0) is 12.4 Å². The van der Waals surface area contributed by atoms with Crippen LogP contribution in [0.4, 0.5) is 48.5 Å². The molecule has 4 heterocycles. The lowest BCUT2D eigenvalue weighted by Crippen LogP contribution is -2.31. The number of alkyl halides is 6. The Bertz CT molecular complexity index is 2420. The quantitative estimate of drug-likeness (QED) is 0.0369. The number of anilines is 4. The van der Waals surface area contributed by atoms with Crippen molar-refractivity contribution >= 4 is 56.6 Å². The van der Waals surface area contributed by atoms with Crippen LogP contribution in [0.3, 0.4) is 0 Å². The van der Waals surface area contributed by atoms with Gasteiger partial charge in [-0.2, -0.15) is 26.3 Å². The van der Waals surface area contributed by atoms with E-state index >= 15 is 0 Å². The van der Waals surface area contributed by atoms with E-state index < -0.39 is 46.7 Å². The smallest absolute Gasteiger partial charge is 0.420 e. The lowest BCUT2D eigenvalue weighted by Gasteiger charge is -2.18. The summed E-state index contributed by atoms with van der Waals surface area (Å²) in [5.41, 5.74) is -0.836. The van der Waals surface area contributed by atoms with Gasteiger partial charge in [-0.3, -0.25) is 9.59 Å². The number of rotatable bonds is 22. The highest BCUT2D eigenvalue weighted by molar-refractivity contribution is 7.14. The van der Waals surface area contributed by atoms with Gasteiger partial charge in [0.15, 0.2) is 10.3 Å². The van der Waals surface area contributed by atoms with Crippen molar-refractivity contribution in [3.05, 3.63) is 94.2 Å². The number of aromatic nitrogens is 6. The van der Waals surface area contributed by atoms with Crippen LogP contribution >= 0.6 is 22.7 Å². The number of carbonyl (C=O) groups is 2. The highest BCUT2D eigenvalue weighted by Crippen LogP contribution is 2.34. The monoisotopic (exact) mass is 1030 g/mol. The molecule has 0 radical (unpaired) electrons. The molecule has 0 spiro atoms. The molecule has 0 aliphatic rings. The van der Waals surface area contributed by atoms with Crippen LogP contribution in [0.15, 0.2) is 71.7 Å². The van der Waals surface area contributed by atoms with E-state index in [4.69, 9.17) is 9.47 Å². The van der Waals surface area contributed by atoms with E-state index in [2.05, 4.69) is 61.0 Å². The number of nitrogens with zero attached hydrogens (tertiary/aromatic N) is 8. The fraction of sp³-hybridized carbons (Fsp3) is 0.391. The Morgan fingerprint density at radius 1 is 0.577 bits per heavy atom. The summed E-state index contributed by atoms with van der Waals surface area (Å²) in [6, 6.07) is 14.6. The van der Waals surface area contributed by atoms with Crippen molar-refractivity contribution in [2.75, 3.05) is 77.2 Å². The van der Waals surface area contributed by atoms with Gasteiger partial charge in [-0.15, -0.1) is 22.7 Å². The molecule has 2 amide bonds. The molecular weight excluding hydrogens is 979 g/mol. The number of hydrogen-bond donors (Lipinski definition) is 4. The molecule has 0 saturated carbocycles. The molecule has 2 aromatic carbocycles. The number of carbonyl (C=O) groups excluding carboxylic acids is 2. The highest BCUT2D eigenvalue weighted by atomic mass is 32.1. The Labute approximate surface area is 414 Å². The first-order valence-electron chi connectivity index (χ1n) is 22.1. The first-order valence-corrected chi connectivity index (χ1v) is 23.9. The van der Waals surface area contributed by atoms with E-state index in [0.29, 0.717) is 58.4 Å². The van der Waals surface area contributed by atoms with E-state index in [1.807, 2.05) is 52.0 Å². The minimum atomic E-state index is -4.77. The molecule has 4 aromatic heterocycles. The van der Waals surface area contributed by atoms with Crippen LogP contribution in [0.2, 0.25) is 0 Å². The fourth-order valence-corrected chi connectivity index (χ4v) is 7.97. The molecule has 6 N–H and O–H groups in total. The minimum Gasteiger partial charge on any atom is -0.497 e. The molecule has 0 aliphatic heterocycles. The summed E-state index contributed by atoms with van der Waals surface area (Å²) in [6.45, 7) is 13.5. The van der Waals surface area contributed by atoms with Gasteiger partial charge in [-0.25, -0.2) is 29.9 Å². The summed E-state index contributed by atoms with van der Waals surface area (Å²) in [4.78, 5) is 53.6. The summed E-state index contributed by atoms with van der Waals surface area (Å²) in [6.07, 6.45) is -7.10. The predicted octanol–water partition coefficient (Wildman–Crippen LogP) is 8.84. The Hall–Kier alpha value is -6.54. The maximum atomic E-state index is 13.5. The average Bonchev–Trinajstić information content (AvgIpc) is 4.03. The molecule has 6 rings (SSSR count). The maximum absolute atomic E-state index is 13.5. The Balaban J connectivity index is 0.000000304. The Morgan fingerprint density at radius 2 is 0.930 bits per heavy atom. The van der Waals surface area contributed by atoms with Gasteiger partial charge in [0.2, 0.25) is 11.9 Å². The van der Waals surface area contributed by atoms with E-state index in [1.54, 1.807) is 49.2 Å². The molecule has 0 aliphatic carbocycles. The Morgan fingerprint density at radius 3 is 1.24 bits per heavy atom. The molecule has 25 heteroatoms. The first kappa shape index (κ1) is 57.0. The first-order chi connectivity index (χ1) is 33.5. The van der Waals surface area contributed by atoms with Crippen molar-refractivity contribution in [3.8, 4) is 34.0 Å². The van der Waals surface area contributed by atoms with Crippen LogP contribution in [0.1, 0.15) is 72.6 Å². The molecular formula is C46H56F6N12O5S2. The van der Waals surface area contributed by atoms with Gasteiger partial charge in [0.25, 0.3) is 11.8 Å². The second-order valence-corrected chi connectivity index (χ2v) is 16.7. The summed E-state index contributed by atoms with van der Waals surface area (Å²) in [5.74, 6) is -0.691. The van der Waals surface area contributed by atoms with E-state index in [-0.39, 0.29) is 30.5 Å². The summed E-state index contributed by atoms with van der Waals surface area (Å²) in [5, 5.41) is 15.0. The van der Waals surface area contributed by atoms with Crippen molar-refractivity contribution in [1.29, 1.82) is 0 Å². The number of nitrogens with one attached hydrogen (secondary N) is 4. The number of hydrogen-bond acceptors (Lipinski definition) is 16. The van der Waals surface area contributed by atoms with Gasteiger partial charge in [0.1, 0.15) is 34.0 Å². The maximum Gasteiger partial charge on any atom is 0.420 e. The molecule has 0 unspecified atom stereocenters. The second-order valence-electron chi connectivity index (χ2n) is 15.0. The largest absolute Gasteiger partial charge is 0.497 e. The van der Waals surface area contributed by atoms with Crippen LogP contribution in [0, 0.1) is 0 Å². The van der Waals surface area contributed by atoms with Crippen LogP contribution < -0.4 is 30.7 Å². The SMILES string of the molecule is CCN(CC)CCCNC(=O)c1nc(Nc2nc(-c3ccc(OC)cc3)cs2)ncc1C(F)(F)F.CCN(CC)CCCNC(=O)c1nc(Nc2nc(-c3ccc(OC)cc3)cs2)ncc1C(F)(F)F.O. The average molecular weight is 1040 g/mol. The summed E-state index contributed by atoms with van der Waals surface area (Å²) in [7, 11) is 3.15. The third kappa shape index (κ3) is 16.8. The molecule has 6 aromatic rings. The van der Waals surface area contributed by atoms with E-state index in [1.165, 1.54) is 22.7 Å². The molecule has 384 valence electrons. The molecule has 0 fully saturated rings. The fourth-order valence-electron chi connectivity index (χ4n) is 6.54. The van der Waals surface area contributed by atoms with Gasteiger partial charge in [-0.1, -0.05) is 27.7 Å². The zero-order valence-corrected chi connectivity index (χ0v) is 41.4. The van der Waals surface area contributed by atoms with Gasteiger partial charge in [0, 0.05) is 47.4 Å². The topological polar surface area (TPSA) is 216 Å². The third-order valence-corrected chi connectivity index (χ3v) is 12.0. The number of methoxy groups -OCH3 is 2. The van der Waals surface area contributed by atoms with Crippen LogP contribution in [-0.4, -0.2) is 124 Å². The number of ether oxygens (including phenoxy) is 2. The van der Waals surface area contributed by atoms with E-state index in [0.717, 1.165) is 50.4 Å². The summed E-state index contributed by atoms with van der Waals surface area (Å²) < 4.78 is 91.2. The number of benzene rings is 2. The van der Waals surface area contributed by atoms with Crippen LogP contribution in [0.5, 0.6) is 11.5 Å². The third-order valence-electron chi connectivity index (χ3n) is 10.5. The van der Waals surface area contributed by atoms with Crippen LogP contribution in [0.25, 0.3) is 22.5 Å². The lowest BCUT2D eigenvalue weighted by atomic mass is 10.2. The highest BCUT2D eigenvalue weighted by Gasteiger charge is 2.38. The van der Waals surface area contributed by atoms with Crippen molar-refractivity contribution in [2.24, 2.45) is 0 Å². The van der Waals surface area contributed by atoms with Crippen molar-refractivity contribution in [2.45, 2.75) is 52.9 Å². The minimum absolute atomic E-state index is 0. The van der Waals surface area contributed by atoms with E-state index in [9.17, 15) is 35.9 Å². The van der Waals surface area contributed by atoms with Gasteiger partial charge in [-0.05, 0) is 101 Å². The second kappa shape index (κ2) is 27.2. The number of thiazole rings is 2. The van der Waals surface area contributed by atoms with Gasteiger partial charge < -0.3 is 46.0 Å². The number of amides is 2. The van der Waals surface area contributed by atoms with Crippen molar-refractivity contribution < 1.29 is 50.9 Å². The molecule has 0 bridgehead atoms. The van der Waals surface area contributed by atoms with Gasteiger partial charge >= 0.3 is 12.4 Å². The van der Waals surface area contributed by atoms with Crippen molar-refractivity contribution in [3.63, 3.8) is 0 Å². The molecule has 17 nitrogen and oxygen atoms in total. The lowest BCUT2D eigenvalue weighted by molar-refractivity contribution is -0.139. The van der Waals surface area contributed by atoms with Gasteiger partial charge in [0.05, 0.1) is 25.6 Å².